The molecule has 0 spiro atoms. The number of thiophene rings is 1. The second-order valence-electron chi connectivity index (χ2n) is 8.96. The van der Waals surface area contributed by atoms with Crippen LogP contribution in [0.3, 0.4) is 0 Å². The van der Waals surface area contributed by atoms with Crippen molar-refractivity contribution in [3.63, 3.8) is 0 Å². The first-order chi connectivity index (χ1) is 16.6. The summed E-state index contributed by atoms with van der Waals surface area (Å²) < 4.78 is 21.0. The number of aromatic nitrogens is 1. The SMILES string of the molecule is COc1ccc2ncc(CO)c(C(F)CCC3(CO)CCN(CC#Cc4cccs4)CC3)c2c1. The molecule has 1 aromatic carbocycles. The summed E-state index contributed by atoms with van der Waals surface area (Å²) in [5, 5.41) is 22.7. The van der Waals surface area contributed by atoms with Crippen LogP contribution < -0.4 is 4.74 Å². The predicted molar refractivity (Wildman–Crippen MR) is 134 cm³/mol. The first-order valence-corrected chi connectivity index (χ1v) is 12.5. The zero-order valence-electron chi connectivity index (χ0n) is 19.5. The lowest BCUT2D eigenvalue weighted by Gasteiger charge is -2.40. The van der Waals surface area contributed by atoms with Gasteiger partial charge in [0.25, 0.3) is 0 Å². The number of ether oxygens (including phenoxy) is 1. The normalized spacial score (nSPS) is 16.7. The number of fused-ring (bicyclic) bond motifs is 1. The number of aliphatic hydroxyl groups is 2. The number of nitrogens with zero attached hydrogens (tertiary/aromatic N) is 2. The van der Waals surface area contributed by atoms with Crippen LogP contribution in [-0.2, 0) is 6.61 Å². The van der Waals surface area contributed by atoms with E-state index in [1.54, 1.807) is 42.8 Å². The van der Waals surface area contributed by atoms with E-state index in [1.165, 1.54) is 0 Å². The third kappa shape index (κ3) is 5.59. The monoisotopic (exact) mass is 482 g/mol. The Bertz CT molecular complexity index is 1140. The average Bonchev–Trinajstić information content (AvgIpc) is 3.40. The molecule has 2 aromatic heterocycles. The van der Waals surface area contributed by atoms with Crippen molar-refractivity contribution in [1.29, 1.82) is 0 Å². The van der Waals surface area contributed by atoms with Gasteiger partial charge in [-0.05, 0) is 73.8 Å². The Morgan fingerprint density at radius 1 is 1.26 bits per heavy atom. The molecule has 0 saturated carbocycles. The number of piperidine rings is 1. The van der Waals surface area contributed by atoms with Crippen LogP contribution in [0.25, 0.3) is 10.9 Å². The molecule has 1 fully saturated rings. The molecule has 0 radical (unpaired) electrons. The molecule has 1 atom stereocenters. The van der Waals surface area contributed by atoms with Crippen molar-refractivity contribution in [2.45, 2.75) is 38.5 Å². The van der Waals surface area contributed by atoms with Gasteiger partial charge in [0.2, 0.25) is 0 Å². The second-order valence-corrected chi connectivity index (χ2v) is 9.91. The first-order valence-electron chi connectivity index (χ1n) is 11.6. The number of pyridine rings is 1. The molecule has 7 heteroatoms. The van der Waals surface area contributed by atoms with Gasteiger partial charge in [-0.1, -0.05) is 17.9 Å². The van der Waals surface area contributed by atoms with Crippen LogP contribution >= 0.6 is 11.3 Å². The fourth-order valence-electron chi connectivity index (χ4n) is 4.69. The minimum absolute atomic E-state index is 0.0478. The minimum atomic E-state index is -1.27. The van der Waals surface area contributed by atoms with Crippen LogP contribution in [0.15, 0.2) is 41.9 Å². The number of hydrogen-bond donors (Lipinski definition) is 2. The van der Waals surface area contributed by atoms with E-state index in [4.69, 9.17) is 4.74 Å². The van der Waals surface area contributed by atoms with Gasteiger partial charge in [0.15, 0.2) is 0 Å². The number of rotatable bonds is 8. The van der Waals surface area contributed by atoms with Gasteiger partial charge < -0.3 is 14.9 Å². The Hall–Kier alpha value is -2.50. The third-order valence-corrected chi connectivity index (χ3v) is 7.68. The topological polar surface area (TPSA) is 65.8 Å². The van der Waals surface area contributed by atoms with Gasteiger partial charge in [0, 0.05) is 29.3 Å². The van der Waals surface area contributed by atoms with Crippen molar-refractivity contribution in [2.75, 3.05) is 33.4 Å². The van der Waals surface area contributed by atoms with Crippen LogP contribution in [0.5, 0.6) is 5.75 Å². The molecule has 0 bridgehead atoms. The van der Waals surface area contributed by atoms with Gasteiger partial charge in [-0.25, -0.2) is 4.39 Å². The van der Waals surface area contributed by atoms with Crippen LogP contribution in [0.2, 0.25) is 0 Å². The molecule has 3 heterocycles. The molecule has 1 aliphatic heterocycles. The van der Waals surface area contributed by atoms with E-state index in [0.717, 1.165) is 30.8 Å². The number of alkyl halides is 1. The number of methoxy groups -OCH3 is 1. The molecule has 0 amide bonds. The van der Waals surface area contributed by atoms with Crippen LogP contribution in [-0.4, -0.2) is 53.4 Å². The Balaban J connectivity index is 1.42. The van der Waals surface area contributed by atoms with Crippen LogP contribution in [0, 0.1) is 17.3 Å². The van der Waals surface area contributed by atoms with Gasteiger partial charge in [-0.15, -0.1) is 11.3 Å². The molecule has 180 valence electrons. The zero-order chi connectivity index (χ0) is 24.0. The molecule has 5 nitrogen and oxygen atoms in total. The van der Waals surface area contributed by atoms with Crippen molar-refractivity contribution in [3.8, 4) is 17.6 Å². The van der Waals surface area contributed by atoms with Crippen molar-refractivity contribution < 1.29 is 19.3 Å². The van der Waals surface area contributed by atoms with Crippen LogP contribution in [0.4, 0.5) is 4.39 Å². The number of hydrogen-bond acceptors (Lipinski definition) is 6. The van der Waals surface area contributed by atoms with Crippen molar-refractivity contribution in [1.82, 2.24) is 9.88 Å². The predicted octanol–water partition coefficient (Wildman–Crippen LogP) is 4.71. The zero-order valence-corrected chi connectivity index (χ0v) is 20.3. The van der Waals surface area contributed by atoms with E-state index >= 15 is 4.39 Å². The molecular weight excluding hydrogens is 451 g/mol. The van der Waals surface area contributed by atoms with Gasteiger partial charge >= 0.3 is 0 Å². The van der Waals surface area contributed by atoms with Crippen molar-refractivity contribution in [3.05, 3.63) is 57.9 Å². The van der Waals surface area contributed by atoms with Gasteiger partial charge in [0.1, 0.15) is 11.9 Å². The number of halogens is 1. The molecule has 3 aromatic rings. The van der Waals surface area contributed by atoms with E-state index < -0.39 is 6.17 Å². The highest BCUT2D eigenvalue weighted by Gasteiger charge is 2.35. The maximum absolute atomic E-state index is 15.7. The lowest BCUT2D eigenvalue weighted by atomic mass is 9.74. The molecule has 4 rings (SSSR count). The van der Waals surface area contributed by atoms with E-state index in [2.05, 4.69) is 21.7 Å². The minimum Gasteiger partial charge on any atom is -0.497 e. The lowest BCUT2D eigenvalue weighted by Crippen LogP contribution is -2.42. The maximum Gasteiger partial charge on any atom is 0.126 e. The summed E-state index contributed by atoms with van der Waals surface area (Å²) in [6.45, 7) is 2.16. The molecule has 1 aliphatic rings. The average molecular weight is 483 g/mol. The Morgan fingerprint density at radius 3 is 2.76 bits per heavy atom. The summed E-state index contributed by atoms with van der Waals surface area (Å²) in [5.74, 6) is 7.05. The van der Waals surface area contributed by atoms with Crippen molar-refractivity contribution >= 4 is 22.2 Å². The van der Waals surface area contributed by atoms with E-state index in [9.17, 15) is 10.2 Å². The van der Waals surface area contributed by atoms with Gasteiger partial charge in [0.05, 0.1) is 30.7 Å². The summed E-state index contributed by atoms with van der Waals surface area (Å²) in [7, 11) is 1.57. The number of aliphatic hydroxyl groups excluding tert-OH is 2. The molecule has 0 aliphatic carbocycles. The standard InChI is InChI=1S/C27H31FN2O3S/c1-33-21-6-7-25-23(16-21)26(20(18-31)17-29-25)24(28)8-9-27(19-32)10-13-30(14-11-27)12-2-4-22-5-3-15-34-22/h3,5-7,15-17,24,31-32H,8-14,18-19H2,1H3. The van der Waals surface area contributed by atoms with E-state index in [1.807, 2.05) is 17.5 Å². The highest BCUT2D eigenvalue weighted by molar-refractivity contribution is 7.10. The lowest BCUT2D eigenvalue weighted by molar-refractivity contribution is 0.0343. The summed E-state index contributed by atoms with van der Waals surface area (Å²) in [6, 6.07) is 9.39. The fourth-order valence-corrected chi connectivity index (χ4v) is 5.29. The van der Waals surface area contributed by atoms with E-state index in [0.29, 0.717) is 40.7 Å². The van der Waals surface area contributed by atoms with Gasteiger partial charge in [-0.3, -0.25) is 9.88 Å². The molecule has 34 heavy (non-hydrogen) atoms. The summed E-state index contributed by atoms with van der Waals surface area (Å²) in [6.07, 6.45) is 2.77. The quantitative estimate of drug-likeness (QED) is 0.455. The highest BCUT2D eigenvalue weighted by Crippen LogP contribution is 2.41. The Kier molecular flexibility index (Phi) is 8.17. The Morgan fingerprint density at radius 2 is 2.09 bits per heavy atom. The number of likely N-dealkylation sites (tertiary alicyclic amines) is 1. The molecule has 2 N–H and O–H groups in total. The Labute approximate surface area is 204 Å². The second kappa shape index (κ2) is 11.3. The molecule has 1 saturated heterocycles. The first kappa shape index (κ1) is 24.6. The maximum atomic E-state index is 15.7. The summed E-state index contributed by atoms with van der Waals surface area (Å²) in [4.78, 5) is 7.73. The third-order valence-electron chi connectivity index (χ3n) is 6.90. The summed E-state index contributed by atoms with van der Waals surface area (Å²) >= 11 is 1.64. The number of benzene rings is 1. The van der Waals surface area contributed by atoms with Gasteiger partial charge in [-0.2, -0.15) is 0 Å². The van der Waals surface area contributed by atoms with Crippen molar-refractivity contribution in [2.24, 2.45) is 5.41 Å². The summed E-state index contributed by atoms with van der Waals surface area (Å²) in [5.41, 5.74) is 1.35. The largest absolute Gasteiger partial charge is 0.497 e. The fraction of sp³-hybridized carbons (Fsp3) is 0.444. The van der Waals surface area contributed by atoms with E-state index in [-0.39, 0.29) is 25.0 Å². The molecule has 1 unspecified atom stereocenters. The highest BCUT2D eigenvalue weighted by atomic mass is 32.1. The van der Waals surface area contributed by atoms with Crippen LogP contribution in [0.1, 0.15) is 47.9 Å². The smallest absolute Gasteiger partial charge is 0.126 e. The molecular formula is C27H31FN2O3S.